The molecule has 7 heteroatoms. The lowest BCUT2D eigenvalue weighted by Gasteiger charge is -2.23. The molecule has 1 saturated carbocycles. The van der Waals surface area contributed by atoms with Gasteiger partial charge in [0.05, 0.1) is 4.90 Å². The fourth-order valence-electron chi connectivity index (χ4n) is 2.34. The molecule has 1 aromatic rings. The maximum Gasteiger partial charge on any atom is 0.344 e. The van der Waals surface area contributed by atoms with Gasteiger partial charge in [0.2, 0.25) is 10.0 Å². The summed E-state index contributed by atoms with van der Waals surface area (Å²) in [7, 11) is -3.50. The van der Waals surface area contributed by atoms with Crippen molar-refractivity contribution >= 4 is 16.0 Å². The number of benzene rings is 1. The van der Waals surface area contributed by atoms with Gasteiger partial charge in [-0.15, -0.1) is 0 Å². The molecule has 0 bridgehead atoms. The molecular weight excluding hydrogens is 294 g/mol. The fraction of sp³-hybridized carbons (Fsp3) is 0.500. The van der Waals surface area contributed by atoms with E-state index < -0.39 is 22.1 Å². The zero-order valence-electron chi connectivity index (χ0n) is 11.4. The molecular formula is C14H17NO5S. The number of fused-ring (bicyclic) bond motifs is 1. The van der Waals surface area contributed by atoms with Gasteiger partial charge in [-0.3, -0.25) is 0 Å². The smallest absolute Gasteiger partial charge is 0.344 e. The summed E-state index contributed by atoms with van der Waals surface area (Å²) in [4.78, 5) is 11.1. The van der Waals surface area contributed by atoms with Crippen LogP contribution in [-0.4, -0.2) is 32.1 Å². The van der Waals surface area contributed by atoms with E-state index in [-0.39, 0.29) is 4.90 Å². The quantitative estimate of drug-likeness (QED) is 0.851. The van der Waals surface area contributed by atoms with Crippen LogP contribution in [0.1, 0.15) is 24.8 Å². The summed E-state index contributed by atoms with van der Waals surface area (Å²) in [6.45, 7) is 0.483. The Morgan fingerprint density at radius 1 is 1.33 bits per heavy atom. The maximum atomic E-state index is 12.2. The summed E-state index contributed by atoms with van der Waals surface area (Å²) in [5, 5.41) is 8.94. The van der Waals surface area contributed by atoms with E-state index in [2.05, 4.69) is 4.72 Å². The first-order chi connectivity index (χ1) is 9.95. The minimum Gasteiger partial charge on any atom is -0.479 e. The molecule has 0 saturated heterocycles. The van der Waals surface area contributed by atoms with E-state index in [1.165, 1.54) is 12.1 Å². The van der Waals surface area contributed by atoms with Crippen LogP contribution in [0.25, 0.3) is 0 Å². The van der Waals surface area contributed by atoms with Crippen LogP contribution in [0.5, 0.6) is 5.75 Å². The van der Waals surface area contributed by atoms with Crippen molar-refractivity contribution in [3.05, 3.63) is 23.8 Å². The molecule has 0 amide bonds. The SMILES string of the molecule is O=C(O)C1CCc2cc(S(=O)(=O)NCC3CC3)ccc2O1. The van der Waals surface area contributed by atoms with E-state index in [0.717, 1.165) is 18.4 Å². The second kappa shape index (κ2) is 5.31. The fourth-order valence-corrected chi connectivity index (χ4v) is 3.51. The first kappa shape index (κ1) is 14.3. The molecule has 1 unspecified atom stereocenters. The molecule has 0 radical (unpaired) electrons. The third-order valence-corrected chi connectivity index (χ3v) is 5.24. The zero-order chi connectivity index (χ0) is 15.0. The van der Waals surface area contributed by atoms with E-state index in [9.17, 15) is 13.2 Å². The monoisotopic (exact) mass is 311 g/mol. The summed E-state index contributed by atoms with van der Waals surface area (Å²) in [5.41, 5.74) is 0.738. The van der Waals surface area contributed by atoms with Crippen molar-refractivity contribution in [1.29, 1.82) is 0 Å². The van der Waals surface area contributed by atoms with Crippen LogP contribution in [0.2, 0.25) is 0 Å². The highest BCUT2D eigenvalue weighted by atomic mass is 32.2. The summed E-state index contributed by atoms with van der Waals surface area (Å²) < 4.78 is 32.3. The highest BCUT2D eigenvalue weighted by Crippen LogP contribution is 2.31. The Kier molecular flexibility index (Phi) is 3.62. The molecule has 21 heavy (non-hydrogen) atoms. The average molecular weight is 311 g/mol. The molecule has 2 aliphatic rings. The van der Waals surface area contributed by atoms with Gasteiger partial charge in [0.1, 0.15) is 5.75 Å². The van der Waals surface area contributed by atoms with Crippen LogP contribution < -0.4 is 9.46 Å². The second-order valence-corrected chi connectivity index (χ2v) is 7.32. The molecule has 3 rings (SSSR count). The highest BCUT2D eigenvalue weighted by molar-refractivity contribution is 7.89. The molecule has 2 N–H and O–H groups in total. The van der Waals surface area contributed by atoms with Crippen LogP contribution in [-0.2, 0) is 21.2 Å². The normalized spacial score (nSPS) is 21.4. The zero-order valence-corrected chi connectivity index (χ0v) is 12.2. The standard InChI is InChI=1S/C14H17NO5S/c16-14(17)13-5-3-10-7-11(4-6-12(10)20-13)21(18,19)15-8-9-1-2-9/h4,6-7,9,13,15H,1-3,5,8H2,(H,16,17). The lowest BCUT2D eigenvalue weighted by molar-refractivity contribution is -0.145. The summed E-state index contributed by atoms with van der Waals surface area (Å²) in [5.74, 6) is -0.0738. The number of carbonyl (C=O) groups is 1. The number of nitrogens with one attached hydrogen (secondary N) is 1. The first-order valence-electron chi connectivity index (χ1n) is 6.98. The predicted octanol–water partition coefficient (Wildman–Crippen LogP) is 1.15. The van der Waals surface area contributed by atoms with E-state index in [1.54, 1.807) is 6.07 Å². The lowest BCUT2D eigenvalue weighted by Crippen LogP contribution is -2.31. The lowest BCUT2D eigenvalue weighted by atomic mass is 10.0. The molecule has 1 aliphatic heterocycles. The number of rotatable bonds is 5. The minimum absolute atomic E-state index is 0.208. The maximum absolute atomic E-state index is 12.2. The minimum atomic E-state index is -3.50. The topological polar surface area (TPSA) is 92.7 Å². The molecule has 1 fully saturated rings. The summed E-state index contributed by atoms with van der Waals surface area (Å²) >= 11 is 0. The van der Waals surface area contributed by atoms with Crippen molar-refractivity contribution < 1.29 is 23.1 Å². The third kappa shape index (κ3) is 3.19. The van der Waals surface area contributed by atoms with Gasteiger partial charge in [0.25, 0.3) is 0 Å². The van der Waals surface area contributed by atoms with Gasteiger partial charge in [-0.2, -0.15) is 0 Å². The molecule has 1 aliphatic carbocycles. The van der Waals surface area contributed by atoms with Gasteiger partial charge in [-0.25, -0.2) is 17.9 Å². The Morgan fingerprint density at radius 2 is 2.10 bits per heavy atom. The number of hydrogen-bond acceptors (Lipinski definition) is 4. The van der Waals surface area contributed by atoms with Crippen molar-refractivity contribution in [1.82, 2.24) is 4.72 Å². The summed E-state index contributed by atoms with van der Waals surface area (Å²) in [6.07, 6.45) is 2.15. The van der Waals surface area contributed by atoms with Crippen LogP contribution >= 0.6 is 0 Å². The van der Waals surface area contributed by atoms with Crippen LogP contribution in [0.15, 0.2) is 23.1 Å². The van der Waals surface area contributed by atoms with Crippen LogP contribution in [0.3, 0.4) is 0 Å². The van der Waals surface area contributed by atoms with Crippen molar-refractivity contribution in [3.8, 4) is 5.75 Å². The number of carboxylic acid groups (broad SMARTS) is 1. The van der Waals surface area contributed by atoms with E-state index in [0.29, 0.717) is 31.1 Å². The van der Waals surface area contributed by atoms with Crippen LogP contribution in [0, 0.1) is 5.92 Å². The van der Waals surface area contributed by atoms with E-state index in [4.69, 9.17) is 9.84 Å². The van der Waals surface area contributed by atoms with Crippen molar-refractivity contribution in [3.63, 3.8) is 0 Å². The Bertz CT molecular complexity index is 666. The highest BCUT2D eigenvalue weighted by Gasteiger charge is 2.28. The van der Waals surface area contributed by atoms with Crippen LogP contribution in [0.4, 0.5) is 0 Å². The summed E-state index contributed by atoms with van der Waals surface area (Å²) in [6, 6.07) is 4.57. The van der Waals surface area contributed by atoms with E-state index in [1.807, 2.05) is 0 Å². The van der Waals surface area contributed by atoms with Gasteiger partial charge >= 0.3 is 5.97 Å². The number of aryl methyl sites for hydroxylation is 1. The third-order valence-electron chi connectivity index (χ3n) is 3.82. The van der Waals surface area contributed by atoms with Gasteiger partial charge in [-0.05, 0) is 55.4 Å². The molecule has 0 aromatic heterocycles. The molecule has 6 nitrogen and oxygen atoms in total. The first-order valence-corrected chi connectivity index (χ1v) is 8.46. The Balaban J connectivity index is 1.78. The van der Waals surface area contributed by atoms with E-state index >= 15 is 0 Å². The van der Waals surface area contributed by atoms with Gasteiger partial charge < -0.3 is 9.84 Å². The number of carboxylic acids is 1. The Hall–Kier alpha value is -1.60. The van der Waals surface area contributed by atoms with Crippen molar-refractivity contribution in [2.45, 2.75) is 36.7 Å². The predicted molar refractivity (Wildman–Crippen MR) is 74.7 cm³/mol. The van der Waals surface area contributed by atoms with Crippen molar-refractivity contribution in [2.75, 3.05) is 6.54 Å². The average Bonchev–Trinajstić information content (AvgIpc) is 3.28. The number of ether oxygens (including phenoxy) is 1. The molecule has 114 valence electrons. The largest absolute Gasteiger partial charge is 0.479 e. The number of hydrogen-bond donors (Lipinski definition) is 2. The number of sulfonamides is 1. The van der Waals surface area contributed by atoms with Gasteiger partial charge in [-0.1, -0.05) is 0 Å². The van der Waals surface area contributed by atoms with Crippen molar-refractivity contribution in [2.24, 2.45) is 5.92 Å². The Labute approximate surface area is 123 Å². The van der Waals surface area contributed by atoms with Gasteiger partial charge in [0.15, 0.2) is 6.10 Å². The number of aliphatic carboxylic acids is 1. The van der Waals surface area contributed by atoms with Gasteiger partial charge in [0, 0.05) is 6.54 Å². The molecule has 1 atom stereocenters. The molecule has 0 spiro atoms. The molecule has 1 aromatic carbocycles. The second-order valence-electron chi connectivity index (χ2n) is 5.55. The Morgan fingerprint density at radius 3 is 2.76 bits per heavy atom. The molecule has 1 heterocycles.